The van der Waals surface area contributed by atoms with Crippen molar-refractivity contribution < 1.29 is 5.11 Å². The van der Waals surface area contributed by atoms with E-state index in [1.54, 1.807) is 13.8 Å². The molecule has 6 heteroatoms. The summed E-state index contributed by atoms with van der Waals surface area (Å²) in [5.41, 5.74) is 4.24. The molecule has 0 unspecified atom stereocenters. The molecule has 1 aliphatic heterocycles. The second kappa shape index (κ2) is 7.06. The van der Waals surface area contributed by atoms with Gasteiger partial charge in [-0.15, -0.1) is 11.8 Å². The fraction of sp³-hybridized carbons (Fsp3) is 0.375. The molecule has 1 fully saturated rings. The Kier molecular flexibility index (Phi) is 4.60. The molecule has 1 spiro atoms. The number of hydrogen-bond donors (Lipinski definition) is 1. The van der Waals surface area contributed by atoms with Crippen molar-refractivity contribution in [1.29, 1.82) is 0 Å². The normalized spacial score (nSPS) is 16.7. The van der Waals surface area contributed by atoms with Crippen LogP contribution in [0.15, 0.2) is 53.7 Å². The van der Waals surface area contributed by atoms with Gasteiger partial charge in [0.2, 0.25) is 5.95 Å². The molecule has 0 atom stereocenters. The summed E-state index contributed by atoms with van der Waals surface area (Å²) in [6.45, 7) is 6.61. The molecule has 1 N–H and O–H groups in total. The zero-order chi connectivity index (χ0) is 20.9. The first kappa shape index (κ1) is 19.5. The average molecular weight is 419 g/mol. The molecule has 5 nitrogen and oxygen atoms in total. The van der Waals surface area contributed by atoms with Crippen molar-refractivity contribution in [3.63, 3.8) is 0 Å². The van der Waals surface area contributed by atoms with E-state index >= 15 is 0 Å². The van der Waals surface area contributed by atoms with Gasteiger partial charge in [-0.05, 0) is 62.3 Å². The molecule has 3 aromatic rings. The molecule has 0 radical (unpaired) electrons. The summed E-state index contributed by atoms with van der Waals surface area (Å²) in [5.74, 6) is 1.80. The van der Waals surface area contributed by atoms with E-state index in [0.717, 1.165) is 29.5 Å². The standard InChI is InChI=1S/C24H26N4OS/c1-4-30-17-8-9-18-20(12-17)28(15-24(18)10-11-24)22-25-13-16(14-26-22)19-6-5-7-21(27-19)23(2,3)29/h5-9,12-14,29H,4,10-11,15H2,1-3H3. The summed E-state index contributed by atoms with van der Waals surface area (Å²) in [6, 6.07) is 12.5. The fourth-order valence-corrected chi connectivity index (χ4v) is 4.89. The Hall–Kier alpha value is -2.44. The fourth-order valence-electron chi connectivity index (χ4n) is 4.20. The van der Waals surface area contributed by atoms with Gasteiger partial charge in [0.25, 0.3) is 0 Å². The van der Waals surface area contributed by atoms with Gasteiger partial charge in [-0.3, -0.25) is 0 Å². The Morgan fingerprint density at radius 1 is 1.13 bits per heavy atom. The first-order valence-corrected chi connectivity index (χ1v) is 11.5. The van der Waals surface area contributed by atoms with E-state index < -0.39 is 5.60 Å². The summed E-state index contributed by atoms with van der Waals surface area (Å²) in [7, 11) is 0. The molecule has 1 saturated carbocycles. The second-order valence-electron chi connectivity index (χ2n) is 8.72. The SMILES string of the molecule is CCSc1ccc2c(c1)N(c1ncc(-c3cccc(C(C)(C)O)n3)cn1)CC21CC1. The molecule has 2 aliphatic rings. The molecule has 30 heavy (non-hydrogen) atoms. The van der Waals surface area contributed by atoms with Crippen LogP contribution < -0.4 is 4.90 Å². The summed E-state index contributed by atoms with van der Waals surface area (Å²) in [5, 5.41) is 10.3. The maximum atomic E-state index is 10.3. The topological polar surface area (TPSA) is 62.1 Å². The highest BCUT2D eigenvalue weighted by Gasteiger charge is 2.52. The largest absolute Gasteiger partial charge is 0.384 e. The molecular weight excluding hydrogens is 392 g/mol. The van der Waals surface area contributed by atoms with Gasteiger partial charge in [0.15, 0.2) is 0 Å². The summed E-state index contributed by atoms with van der Waals surface area (Å²) >= 11 is 1.87. The van der Waals surface area contributed by atoms with E-state index in [1.807, 2.05) is 42.4 Å². The van der Waals surface area contributed by atoms with Crippen LogP contribution in [0.3, 0.4) is 0 Å². The Balaban J connectivity index is 1.47. The number of fused-ring (bicyclic) bond motifs is 2. The van der Waals surface area contributed by atoms with Crippen LogP contribution >= 0.6 is 11.8 Å². The summed E-state index contributed by atoms with van der Waals surface area (Å²) < 4.78 is 0. The summed E-state index contributed by atoms with van der Waals surface area (Å²) in [4.78, 5) is 17.6. The van der Waals surface area contributed by atoms with Crippen molar-refractivity contribution >= 4 is 23.4 Å². The minimum Gasteiger partial charge on any atom is -0.384 e. The van der Waals surface area contributed by atoms with Crippen LogP contribution in [0.25, 0.3) is 11.3 Å². The third-order valence-corrected chi connectivity index (χ3v) is 6.88. The third kappa shape index (κ3) is 3.38. The third-order valence-electron chi connectivity index (χ3n) is 6.01. The van der Waals surface area contributed by atoms with E-state index in [1.165, 1.54) is 29.0 Å². The molecule has 3 heterocycles. The molecular formula is C24H26N4OS. The zero-order valence-corrected chi connectivity index (χ0v) is 18.4. The highest BCUT2D eigenvalue weighted by Crippen LogP contribution is 2.58. The van der Waals surface area contributed by atoms with Crippen molar-refractivity contribution in [2.24, 2.45) is 0 Å². The van der Waals surface area contributed by atoms with Gasteiger partial charge in [-0.2, -0.15) is 0 Å². The first-order valence-electron chi connectivity index (χ1n) is 10.5. The van der Waals surface area contributed by atoms with Crippen molar-refractivity contribution in [2.45, 2.75) is 49.5 Å². The van der Waals surface area contributed by atoms with Gasteiger partial charge < -0.3 is 10.0 Å². The Labute approximate surface area is 181 Å². The quantitative estimate of drug-likeness (QED) is 0.584. The molecule has 1 aliphatic carbocycles. The van der Waals surface area contributed by atoms with Crippen LogP contribution in [0.5, 0.6) is 0 Å². The zero-order valence-electron chi connectivity index (χ0n) is 17.6. The van der Waals surface area contributed by atoms with E-state index in [-0.39, 0.29) is 5.41 Å². The van der Waals surface area contributed by atoms with Crippen LogP contribution in [-0.2, 0) is 11.0 Å². The van der Waals surface area contributed by atoms with Crippen molar-refractivity contribution in [3.8, 4) is 11.3 Å². The first-order chi connectivity index (χ1) is 14.4. The van der Waals surface area contributed by atoms with Crippen LogP contribution in [0.1, 0.15) is 44.9 Å². The number of pyridine rings is 1. The summed E-state index contributed by atoms with van der Waals surface area (Å²) in [6.07, 6.45) is 6.15. The molecule has 154 valence electrons. The number of anilines is 2. The molecule has 0 amide bonds. The van der Waals surface area contributed by atoms with Crippen LogP contribution in [0.4, 0.5) is 11.6 Å². The van der Waals surface area contributed by atoms with Crippen LogP contribution in [-0.4, -0.2) is 32.4 Å². The number of aliphatic hydroxyl groups is 1. The van der Waals surface area contributed by atoms with Crippen molar-refractivity contribution in [3.05, 3.63) is 60.0 Å². The van der Waals surface area contributed by atoms with Gasteiger partial charge in [-0.1, -0.05) is 19.1 Å². The minimum atomic E-state index is -0.983. The number of nitrogens with zero attached hydrogens (tertiary/aromatic N) is 4. The highest BCUT2D eigenvalue weighted by atomic mass is 32.2. The maximum Gasteiger partial charge on any atom is 0.229 e. The monoisotopic (exact) mass is 418 g/mol. The number of aromatic nitrogens is 3. The number of benzene rings is 1. The van der Waals surface area contributed by atoms with E-state index in [2.05, 4.69) is 35.0 Å². The smallest absolute Gasteiger partial charge is 0.229 e. The predicted molar refractivity (Wildman–Crippen MR) is 121 cm³/mol. The lowest BCUT2D eigenvalue weighted by molar-refractivity contribution is 0.0740. The number of thioether (sulfide) groups is 1. The maximum absolute atomic E-state index is 10.3. The van der Waals surface area contributed by atoms with Crippen LogP contribution in [0.2, 0.25) is 0 Å². The second-order valence-corrected chi connectivity index (χ2v) is 10.1. The number of hydrogen-bond acceptors (Lipinski definition) is 6. The molecule has 2 aromatic heterocycles. The van der Waals surface area contributed by atoms with E-state index in [4.69, 9.17) is 9.97 Å². The molecule has 0 saturated heterocycles. The van der Waals surface area contributed by atoms with E-state index in [0.29, 0.717) is 5.69 Å². The van der Waals surface area contributed by atoms with Crippen molar-refractivity contribution in [2.75, 3.05) is 17.2 Å². The van der Waals surface area contributed by atoms with Crippen LogP contribution in [0, 0.1) is 0 Å². The predicted octanol–water partition coefficient (Wildman–Crippen LogP) is 5.06. The van der Waals surface area contributed by atoms with E-state index in [9.17, 15) is 5.11 Å². The van der Waals surface area contributed by atoms with Gasteiger partial charge in [0.05, 0.1) is 11.4 Å². The van der Waals surface area contributed by atoms with Gasteiger partial charge in [-0.25, -0.2) is 15.0 Å². The molecule has 5 rings (SSSR count). The molecule has 0 bridgehead atoms. The average Bonchev–Trinajstić information content (AvgIpc) is 3.45. The Morgan fingerprint density at radius 2 is 1.90 bits per heavy atom. The lowest BCUT2D eigenvalue weighted by Crippen LogP contribution is -2.21. The Bertz CT molecular complexity index is 1090. The number of rotatable bonds is 5. The highest BCUT2D eigenvalue weighted by molar-refractivity contribution is 7.99. The minimum absolute atomic E-state index is 0.287. The lowest BCUT2D eigenvalue weighted by atomic mass is 9.99. The van der Waals surface area contributed by atoms with Gasteiger partial charge in [0, 0.05) is 40.5 Å². The van der Waals surface area contributed by atoms with Gasteiger partial charge >= 0.3 is 0 Å². The Morgan fingerprint density at radius 3 is 2.57 bits per heavy atom. The molecule has 1 aromatic carbocycles. The van der Waals surface area contributed by atoms with Gasteiger partial charge in [0.1, 0.15) is 5.60 Å². The lowest BCUT2D eigenvalue weighted by Gasteiger charge is -2.19. The van der Waals surface area contributed by atoms with Crippen molar-refractivity contribution in [1.82, 2.24) is 15.0 Å².